The van der Waals surface area contributed by atoms with Crippen molar-refractivity contribution >= 4 is 5.91 Å². The smallest absolute Gasteiger partial charge is 0.239 e. The van der Waals surface area contributed by atoms with Crippen LogP contribution < -0.4 is 5.32 Å². The topological polar surface area (TPSA) is 35.6 Å². The molecule has 0 aromatic heterocycles. The Morgan fingerprint density at radius 2 is 1.90 bits per heavy atom. The van der Waals surface area contributed by atoms with Crippen LogP contribution in [0.15, 0.2) is 0 Å². The van der Waals surface area contributed by atoms with Crippen molar-refractivity contribution in [2.45, 2.75) is 58.5 Å². The van der Waals surface area contributed by atoms with E-state index in [0.29, 0.717) is 12.0 Å². The maximum absolute atomic E-state index is 12.3. The second kappa shape index (κ2) is 7.41. The van der Waals surface area contributed by atoms with Crippen LogP contribution in [-0.2, 0) is 4.79 Å². The summed E-state index contributed by atoms with van der Waals surface area (Å²) in [5.74, 6) is 0.968. The maximum atomic E-state index is 12.3. The molecule has 2 aliphatic heterocycles. The van der Waals surface area contributed by atoms with Crippen molar-refractivity contribution in [1.29, 1.82) is 0 Å². The van der Waals surface area contributed by atoms with Crippen LogP contribution in [-0.4, -0.2) is 60.5 Å². The van der Waals surface area contributed by atoms with Gasteiger partial charge in [-0.2, -0.15) is 0 Å². The molecule has 3 unspecified atom stereocenters. The second-order valence-electron chi connectivity index (χ2n) is 6.50. The van der Waals surface area contributed by atoms with E-state index in [-0.39, 0.29) is 11.9 Å². The molecule has 116 valence electrons. The Morgan fingerprint density at radius 1 is 1.20 bits per heavy atom. The highest BCUT2D eigenvalue weighted by Gasteiger charge is 2.28. The molecular formula is C16H31N3O. The monoisotopic (exact) mass is 281 g/mol. The molecule has 0 radical (unpaired) electrons. The van der Waals surface area contributed by atoms with Gasteiger partial charge in [0, 0.05) is 25.7 Å². The summed E-state index contributed by atoms with van der Waals surface area (Å²) in [5, 5.41) is 3.55. The quantitative estimate of drug-likeness (QED) is 0.833. The van der Waals surface area contributed by atoms with E-state index in [1.165, 1.54) is 38.8 Å². The fraction of sp³-hybridized carbons (Fsp3) is 0.938. The Balaban J connectivity index is 1.80. The number of amides is 1. The molecule has 2 heterocycles. The Labute approximate surface area is 123 Å². The molecule has 0 aliphatic carbocycles. The van der Waals surface area contributed by atoms with Crippen LogP contribution in [0.4, 0.5) is 0 Å². The van der Waals surface area contributed by atoms with Gasteiger partial charge in [0.2, 0.25) is 5.91 Å². The molecular weight excluding hydrogens is 250 g/mol. The number of hydrogen-bond acceptors (Lipinski definition) is 3. The van der Waals surface area contributed by atoms with E-state index in [1.807, 2.05) is 11.8 Å². The van der Waals surface area contributed by atoms with E-state index < -0.39 is 0 Å². The summed E-state index contributed by atoms with van der Waals surface area (Å²) in [6.07, 6.45) is 4.92. The van der Waals surface area contributed by atoms with Crippen molar-refractivity contribution in [1.82, 2.24) is 15.1 Å². The molecule has 1 N–H and O–H groups in total. The normalized spacial score (nSPS) is 27.6. The molecule has 2 saturated heterocycles. The van der Waals surface area contributed by atoms with Crippen molar-refractivity contribution in [2.75, 3.05) is 32.7 Å². The van der Waals surface area contributed by atoms with Crippen LogP contribution in [0.1, 0.15) is 46.5 Å². The summed E-state index contributed by atoms with van der Waals surface area (Å²) in [7, 11) is 0. The van der Waals surface area contributed by atoms with Crippen LogP contribution in [0.3, 0.4) is 0 Å². The van der Waals surface area contributed by atoms with Gasteiger partial charge in [-0.1, -0.05) is 6.92 Å². The summed E-state index contributed by atoms with van der Waals surface area (Å²) in [6.45, 7) is 12.0. The zero-order chi connectivity index (χ0) is 14.5. The van der Waals surface area contributed by atoms with Gasteiger partial charge in [0.15, 0.2) is 0 Å². The summed E-state index contributed by atoms with van der Waals surface area (Å²) >= 11 is 0. The van der Waals surface area contributed by atoms with Crippen molar-refractivity contribution in [3.8, 4) is 0 Å². The number of likely N-dealkylation sites (tertiary alicyclic amines) is 2. The standard InChI is InChI=1S/C16H31N3O/c1-4-18-9-7-8-15(12-18)13(2)17-14(3)16(20)19-10-5-6-11-19/h13-15,17H,4-12H2,1-3H3. The second-order valence-corrected chi connectivity index (χ2v) is 6.50. The zero-order valence-corrected chi connectivity index (χ0v) is 13.4. The number of carbonyl (C=O) groups is 1. The lowest BCUT2D eigenvalue weighted by Gasteiger charge is -2.36. The summed E-state index contributed by atoms with van der Waals surface area (Å²) in [4.78, 5) is 16.9. The van der Waals surface area contributed by atoms with Gasteiger partial charge < -0.3 is 15.1 Å². The number of nitrogens with one attached hydrogen (secondary N) is 1. The Kier molecular flexibility index (Phi) is 5.85. The number of hydrogen-bond donors (Lipinski definition) is 1. The van der Waals surface area contributed by atoms with Gasteiger partial charge >= 0.3 is 0 Å². The van der Waals surface area contributed by atoms with Crippen LogP contribution in [0.2, 0.25) is 0 Å². The molecule has 1 amide bonds. The largest absolute Gasteiger partial charge is 0.341 e. The molecule has 4 nitrogen and oxygen atoms in total. The predicted molar refractivity (Wildman–Crippen MR) is 82.7 cm³/mol. The lowest BCUT2D eigenvalue weighted by molar-refractivity contribution is -0.132. The molecule has 4 heteroatoms. The van der Waals surface area contributed by atoms with E-state index >= 15 is 0 Å². The molecule has 0 aromatic carbocycles. The number of nitrogens with zero attached hydrogens (tertiary/aromatic N) is 2. The fourth-order valence-electron chi connectivity index (χ4n) is 3.60. The highest BCUT2D eigenvalue weighted by Crippen LogP contribution is 2.20. The Hall–Kier alpha value is -0.610. The highest BCUT2D eigenvalue weighted by atomic mass is 16.2. The minimum atomic E-state index is -0.0416. The van der Waals surface area contributed by atoms with Gasteiger partial charge in [0.1, 0.15) is 0 Å². The summed E-state index contributed by atoms with van der Waals surface area (Å²) in [6, 6.07) is 0.381. The molecule has 0 aromatic rings. The van der Waals surface area contributed by atoms with E-state index in [4.69, 9.17) is 0 Å². The first kappa shape index (κ1) is 15.8. The van der Waals surface area contributed by atoms with Crippen LogP contribution in [0.25, 0.3) is 0 Å². The summed E-state index contributed by atoms with van der Waals surface area (Å²) in [5.41, 5.74) is 0. The lowest BCUT2D eigenvalue weighted by atomic mass is 9.91. The first-order chi connectivity index (χ1) is 9.61. The third-order valence-electron chi connectivity index (χ3n) is 5.00. The number of rotatable bonds is 5. The Bertz CT molecular complexity index is 315. The van der Waals surface area contributed by atoms with Gasteiger partial charge in [-0.05, 0) is 58.5 Å². The molecule has 3 atom stereocenters. The third kappa shape index (κ3) is 3.95. The van der Waals surface area contributed by atoms with Crippen molar-refractivity contribution in [3.63, 3.8) is 0 Å². The van der Waals surface area contributed by atoms with Gasteiger partial charge in [-0.15, -0.1) is 0 Å². The van der Waals surface area contributed by atoms with Crippen molar-refractivity contribution in [2.24, 2.45) is 5.92 Å². The first-order valence-corrected chi connectivity index (χ1v) is 8.39. The van der Waals surface area contributed by atoms with Gasteiger partial charge in [0.25, 0.3) is 0 Å². The van der Waals surface area contributed by atoms with E-state index in [1.54, 1.807) is 0 Å². The number of carbonyl (C=O) groups excluding carboxylic acids is 1. The van der Waals surface area contributed by atoms with Crippen LogP contribution in [0.5, 0.6) is 0 Å². The van der Waals surface area contributed by atoms with E-state index in [9.17, 15) is 4.79 Å². The minimum Gasteiger partial charge on any atom is -0.341 e. The fourth-order valence-corrected chi connectivity index (χ4v) is 3.60. The van der Waals surface area contributed by atoms with Gasteiger partial charge in [-0.3, -0.25) is 4.79 Å². The lowest BCUT2D eigenvalue weighted by Crippen LogP contribution is -2.51. The minimum absolute atomic E-state index is 0.0416. The predicted octanol–water partition coefficient (Wildman–Crippen LogP) is 1.71. The Morgan fingerprint density at radius 3 is 2.55 bits per heavy atom. The third-order valence-corrected chi connectivity index (χ3v) is 5.00. The van der Waals surface area contributed by atoms with Gasteiger partial charge in [0.05, 0.1) is 6.04 Å². The molecule has 2 aliphatic rings. The average Bonchev–Trinajstić information content (AvgIpc) is 3.00. The van der Waals surface area contributed by atoms with E-state index in [2.05, 4.69) is 24.1 Å². The van der Waals surface area contributed by atoms with Crippen molar-refractivity contribution in [3.05, 3.63) is 0 Å². The summed E-state index contributed by atoms with van der Waals surface area (Å²) < 4.78 is 0. The van der Waals surface area contributed by atoms with Crippen molar-refractivity contribution < 1.29 is 4.79 Å². The van der Waals surface area contributed by atoms with Crippen LogP contribution in [0, 0.1) is 5.92 Å². The average molecular weight is 281 g/mol. The zero-order valence-electron chi connectivity index (χ0n) is 13.4. The SMILES string of the molecule is CCN1CCCC(C(C)NC(C)C(=O)N2CCCC2)C1. The molecule has 0 bridgehead atoms. The number of piperidine rings is 1. The maximum Gasteiger partial charge on any atom is 0.239 e. The van der Waals surface area contributed by atoms with Gasteiger partial charge in [-0.25, -0.2) is 0 Å². The van der Waals surface area contributed by atoms with E-state index in [0.717, 1.165) is 19.6 Å². The molecule has 2 rings (SSSR count). The molecule has 0 spiro atoms. The molecule has 0 saturated carbocycles. The molecule has 2 fully saturated rings. The van der Waals surface area contributed by atoms with Crippen LogP contribution >= 0.6 is 0 Å². The molecule has 20 heavy (non-hydrogen) atoms. The first-order valence-electron chi connectivity index (χ1n) is 8.39. The highest BCUT2D eigenvalue weighted by molar-refractivity contribution is 5.81.